The van der Waals surface area contributed by atoms with Gasteiger partial charge in [0, 0.05) is 11.0 Å². The molecule has 0 saturated carbocycles. The van der Waals surface area contributed by atoms with E-state index < -0.39 is 10.0 Å². The van der Waals surface area contributed by atoms with Crippen molar-refractivity contribution in [2.75, 3.05) is 13.2 Å². The van der Waals surface area contributed by atoms with Gasteiger partial charge >= 0.3 is 0 Å². The number of benzene rings is 1. The Labute approximate surface area is 108 Å². The fourth-order valence-electron chi connectivity index (χ4n) is 1.51. The normalized spacial score (nSPS) is 16.9. The van der Waals surface area contributed by atoms with Gasteiger partial charge in [-0.05, 0) is 24.6 Å². The van der Waals surface area contributed by atoms with Gasteiger partial charge in [0.2, 0.25) is 0 Å². The van der Waals surface area contributed by atoms with E-state index in [-0.39, 0.29) is 10.5 Å². The second-order valence-electron chi connectivity index (χ2n) is 3.51. The number of nitriles is 1. The Morgan fingerprint density at radius 3 is 2.76 bits per heavy atom. The molecule has 0 amide bonds. The highest BCUT2D eigenvalue weighted by Gasteiger charge is 2.29. The Kier molecular flexibility index (Phi) is 3.49. The lowest BCUT2D eigenvalue weighted by molar-refractivity contribution is -0.0284. The molecule has 1 aromatic carbocycles. The van der Waals surface area contributed by atoms with Crippen molar-refractivity contribution in [1.82, 2.24) is 4.47 Å². The van der Waals surface area contributed by atoms with E-state index in [1.165, 1.54) is 12.1 Å². The smallest absolute Gasteiger partial charge is 0.265 e. The molecule has 0 unspecified atom stereocenters. The third-order valence-corrected chi connectivity index (χ3v) is 4.40. The zero-order valence-electron chi connectivity index (χ0n) is 8.76. The number of hydrogen-bond acceptors (Lipinski definition) is 4. The van der Waals surface area contributed by atoms with Gasteiger partial charge in [-0.15, -0.1) is 0 Å². The van der Waals surface area contributed by atoms with Crippen LogP contribution in [0.1, 0.15) is 12.0 Å². The maximum atomic E-state index is 12.1. The fourth-order valence-corrected chi connectivity index (χ4v) is 3.52. The highest BCUT2D eigenvalue weighted by Crippen LogP contribution is 2.24. The lowest BCUT2D eigenvalue weighted by Gasteiger charge is -2.14. The van der Waals surface area contributed by atoms with E-state index in [4.69, 9.17) is 10.1 Å². The molecule has 0 N–H and O–H groups in total. The molecule has 0 aromatic heterocycles. The highest BCUT2D eigenvalue weighted by atomic mass is 79.9. The predicted octanol–water partition coefficient (Wildman–Crippen LogP) is 1.65. The van der Waals surface area contributed by atoms with Crippen molar-refractivity contribution in [3.8, 4) is 6.07 Å². The van der Waals surface area contributed by atoms with Crippen molar-refractivity contribution in [2.24, 2.45) is 0 Å². The van der Waals surface area contributed by atoms with Gasteiger partial charge in [0.25, 0.3) is 10.0 Å². The average Bonchev–Trinajstić information content (AvgIpc) is 2.82. The van der Waals surface area contributed by atoms with Gasteiger partial charge in [0.15, 0.2) is 0 Å². The maximum absolute atomic E-state index is 12.1. The van der Waals surface area contributed by atoms with Gasteiger partial charge in [-0.25, -0.2) is 8.42 Å². The van der Waals surface area contributed by atoms with Crippen molar-refractivity contribution >= 4 is 26.0 Å². The van der Waals surface area contributed by atoms with Crippen molar-refractivity contribution < 1.29 is 13.3 Å². The lowest BCUT2D eigenvalue weighted by Crippen LogP contribution is -2.26. The second kappa shape index (κ2) is 4.74. The second-order valence-corrected chi connectivity index (χ2v) is 6.25. The molecule has 1 aliphatic rings. The molecule has 1 saturated heterocycles. The minimum absolute atomic E-state index is 0.0605. The molecular weight excluding hydrogens is 308 g/mol. The summed E-state index contributed by atoms with van der Waals surface area (Å²) < 4.78 is 25.8. The van der Waals surface area contributed by atoms with E-state index >= 15 is 0 Å². The van der Waals surface area contributed by atoms with E-state index in [1.807, 2.05) is 6.07 Å². The van der Waals surface area contributed by atoms with Crippen LogP contribution in [0.15, 0.2) is 27.6 Å². The van der Waals surface area contributed by atoms with Gasteiger partial charge in [-0.2, -0.15) is 5.26 Å². The molecule has 0 aliphatic carbocycles. The van der Waals surface area contributed by atoms with Gasteiger partial charge < -0.3 is 0 Å². The fraction of sp³-hybridized carbons (Fsp3) is 0.300. The molecule has 90 valence electrons. The Morgan fingerprint density at radius 2 is 2.18 bits per heavy atom. The first-order valence-electron chi connectivity index (χ1n) is 4.90. The first kappa shape index (κ1) is 12.5. The Balaban J connectivity index is 2.46. The van der Waals surface area contributed by atoms with Crippen LogP contribution in [0.3, 0.4) is 0 Å². The van der Waals surface area contributed by atoms with Crippen LogP contribution in [-0.2, 0) is 14.9 Å². The Hall–Kier alpha value is -0.940. The predicted molar refractivity (Wildman–Crippen MR) is 63.3 cm³/mol. The minimum atomic E-state index is -3.66. The van der Waals surface area contributed by atoms with Crippen LogP contribution >= 0.6 is 15.9 Å². The van der Waals surface area contributed by atoms with Crippen LogP contribution in [0.4, 0.5) is 0 Å². The van der Waals surface area contributed by atoms with Crippen LogP contribution in [0, 0.1) is 11.3 Å². The maximum Gasteiger partial charge on any atom is 0.265 e. The van der Waals surface area contributed by atoms with Gasteiger partial charge in [-0.1, -0.05) is 20.4 Å². The molecule has 7 heteroatoms. The molecule has 5 nitrogen and oxygen atoms in total. The molecule has 0 bridgehead atoms. The Morgan fingerprint density at radius 1 is 1.41 bits per heavy atom. The van der Waals surface area contributed by atoms with Crippen LogP contribution < -0.4 is 0 Å². The Bertz CT molecular complexity index is 574. The molecule has 1 aliphatic heterocycles. The summed E-state index contributed by atoms with van der Waals surface area (Å²) in [6, 6.07) is 6.27. The summed E-state index contributed by atoms with van der Waals surface area (Å²) in [6.45, 7) is 0.745. The third-order valence-electron chi connectivity index (χ3n) is 2.29. The van der Waals surface area contributed by atoms with E-state index in [2.05, 4.69) is 15.9 Å². The molecule has 1 aromatic rings. The molecule has 2 rings (SSSR count). The minimum Gasteiger partial charge on any atom is -0.284 e. The molecular formula is C10H9BrN2O3S. The summed E-state index contributed by atoms with van der Waals surface area (Å²) in [5.41, 5.74) is 0.289. The number of nitrogens with zero attached hydrogens (tertiary/aromatic N) is 2. The van der Waals surface area contributed by atoms with Crippen molar-refractivity contribution in [3.63, 3.8) is 0 Å². The van der Waals surface area contributed by atoms with Crippen molar-refractivity contribution in [3.05, 3.63) is 28.2 Å². The van der Waals surface area contributed by atoms with Crippen LogP contribution in [0.2, 0.25) is 0 Å². The third kappa shape index (κ3) is 2.50. The van der Waals surface area contributed by atoms with E-state index in [1.54, 1.807) is 6.07 Å². The number of sulfonamides is 1. The van der Waals surface area contributed by atoms with Gasteiger partial charge in [-0.3, -0.25) is 4.84 Å². The average molecular weight is 317 g/mol. The van der Waals surface area contributed by atoms with Crippen LogP contribution in [0.25, 0.3) is 0 Å². The highest BCUT2D eigenvalue weighted by molar-refractivity contribution is 9.10. The van der Waals surface area contributed by atoms with E-state index in [0.29, 0.717) is 24.0 Å². The molecule has 17 heavy (non-hydrogen) atoms. The van der Waals surface area contributed by atoms with E-state index in [9.17, 15) is 8.42 Å². The number of hydrogen-bond donors (Lipinski definition) is 0. The summed E-state index contributed by atoms with van der Waals surface area (Å²) >= 11 is 3.18. The summed E-state index contributed by atoms with van der Waals surface area (Å²) in [4.78, 5) is 5.09. The molecule has 0 spiro atoms. The van der Waals surface area contributed by atoms with Crippen molar-refractivity contribution in [1.29, 1.82) is 5.26 Å². The number of halogens is 1. The molecule has 0 radical (unpaired) electrons. The zero-order chi connectivity index (χ0) is 12.5. The summed E-state index contributed by atoms with van der Waals surface area (Å²) in [6.07, 6.45) is 0.679. The van der Waals surface area contributed by atoms with E-state index in [0.717, 1.165) is 4.47 Å². The first-order valence-corrected chi connectivity index (χ1v) is 7.14. The molecule has 0 atom stereocenters. The quantitative estimate of drug-likeness (QED) is 0.831. The summed E-state index contributed by atoms with van der Waals surface area (Å²) in [7, 11) is -3.66. The van der Waals surface area contributed by atoms with Crippen LogP contribution in [0.5, 0.6) is 0 Å². The number of hydroxylamine groups is 1. The van der Waals surface area contributed by atoms with Gasteiger partial charge in [0.05, 0.1) is 23.1 Å². The summed E-state index contributed by atoms with van der Waals surface area (Å²) in [5, 5.41) is 8.81. The van der Waals surface area contributed by atoms with Crippen molar-refractivity contribution in [2.45, 2.75) is 11.3 Å². The zero-order valence-corrected chi connectivity index (χ0v) is 11.2. The summed E-state index contributed by atoms with van der Waals surface area (Å²) in [5.74, 6) is 0. The molecule has 1 fully saturated rings. The molecule has 1 heterocycles. The number of rotatable bonds is 2. The first-order chi connectivity index (χ1) is 8.04. The topological polar surface area (TPSA) is 70.4 Å². The standard InChI is InChI=1S/C10H9BrN2O3S/c11-9-4-8(7-12)5-10(6-9)17(14,15)13-2-1-3-16-13/h4-6H,1-3H2. The van der Waals surface area contributed by atoms with Crippen LogP contribution in [-0.4, -0.2) is 26.0 Å². The van der Waals surface area contributed by atoms with Gasteiger partial charge in [0.1, 0.15) is 0 Å². The monoisotopic (exact) mass is 316 g/mol. The lowest BCUT2D eigenvalue weighted by atomic mass is 10.2. The SMILES string of the molecule is N#Cc1cc(Br)cc(S(=O)(=O)N2CCCO2)c1. The largest absolute Gasteiger partial charge is 0.284 e.